The lowest BCUT2D eigenvalue weighted by molar-refractivity contribution is -0.233. The van der Waals surface area contributed by atoms with Gasteiger partial charge < -0.3 is 19.9 Å². The highest BCUT2D eigenvalue weighted by molar-refractivity contribution is 6.00. The average molecular weight is 682 g/mol. The molecule has 1 heterocycles. The van der Waals surface area contributed by atoms with Gasteiger partial charge in [-0.05, 0) is 137 Å². The maximum absolute atomic E-state index is 13.9. The van der Waals surface area contributed by atoms with E-state index in [0.29, 0.717) is 36.1 Å². The molecule has 2 N–H and O–H groups in total. The fourth-order valence-corrected chi connectivity index (χ4v) is 13.3. The standard InChI is InChI=1S/C42H67NO6/c1-26(2)34-29(44)23-42(20-21-43-25-27-11-10-22-48-27)19-18-40(8)28(35(34)42)12-13-31-39(7)16-15-32(49-33(45)24-37(3,4)36(46)47)38(5,6)30(39)14-17-41(31,40)9/h26-28,30-32,43H,10-25H2,1-9H3,(H,46,47)/t27?,28-,30?,31?,32+,39+,40-,41-,42-/m1/s1. The van der Waals surface area contributed by atoms with E-state index in [1.807, 2.05) is 0 Å². The first-order valence-electron chi connectivity index (χ1n) is 19.9. The first-order valence-corrected chi connectivity index (χ1v) is 19.9. The number of nitrogens with one attached hydrogen (secondary N) is 1. The van der Waals surface area contributed by atoms with Gasteiger partial charge in [0.1, 0.15) is 6.10 Å². The highest BCUT2D eigenvalue weighted by Crippen LogP contribution is 2.77. The molecule has 0 radical (unpaired) electrons. The van der Waals surface area contributed by atoms with Crippen molar-refractivity contribution < 1.29 is 29.0 Å². The van der Waals surface area contributed by atoms with Gasteiger partial charge in [0.15, 0.2) is 5.78 Å². The molecule has 1 aliphatic heterocycles. The van der Waals surface area contributed by atoms with Crippen LogP contribution < -0.4 is 5.32 Å². The number of ether oxygens (including phenoxy) is 2. The smallest absolute Gasteiger partial charge is 0.309 e. The van der Waals surface area contributed by atoms with E-state index in [2.05, 4.69) is 53.8 Å². The molecule has 1 saturated heterocycles. The lowest BCUT2D eigenvalue weighted by Crippen LogP contribution is -2.65. The van der Waals surface area contributed by atoms with E-state index in [-0.39, 0.29) is 45.5 Å². The van der Waals surface area contributed by atoms with Crippen LogP contribution in [0, 0.1) is 56.2 Å². The Bertz CT molecular complexity index is 1360. The molecule has 7 nitrogen and oxygen atoms in total. The van der Waals surface area contributed by atoms with Gasteiger partial charge in [0, 0.05) is 30.4 Å². The molecule has 0 aromatic carbocycles. The molecule has 0 aromatic heterocycles. The number of carboxylic acid groups (broad SMARTS) is 1. The first kappa shape index (κ1) is 37.0. The van der Waals surface area contributed by atoms with Gasteiger partial charge in [0.25, 0.3) is 0 Å². The Hall–Kier alpha value is -1.73. The molecule has 7 heteroatoms. The fourth-order valence-electron chi connectivity index (χ4n) is 13.3. The van der Waals surface area contributed by atoms with Crippen molar-refractivity contribution in [3.05, 3.63) is 11.1 Å². The van der Waals surface area contributed by atoms with Gasteiger partial charge in [0.05, 0.1) is 17.9 Å². The predicted molar refractivity (Wildman–Crippen MR) is 192 cm³/mol. The van der Waals surface area contributed by atoms with Crippen LogP contribution in [0.4, 0.5) is 0 Å². The molecule has 276 valence electrons. The van der Waals surface area contributed by atoms with Crippen molar-refractivity contribution >= 4 is 17.7 Å². The van der Waals surface area contributed by atoms with Gasteiger partial charge in [-0.2, -0.15) is 0 Å². The van der Waals surface area contributed by atoms with Crippen molar-refractivity contribution in [2.75, 3.05) is 19.7 Å². The molecular formula is C42H67NO6. The number of allylic oxidation sites excluding steroid dienone is 2. The van der Waals surface area contributed by atoms with Crippen LogP contribution in [0.5, 0.6) is 0 Å². The molecule has 49 heavy (non-hydrogen) atoms. The average Bonchev–Trinajstić information content (AvgIpc) is 3.62. The zero-order valence-corrected chi connectivity index (χ0v) is 32.3. The molecule has 5 fully saturated rings. The summed E-state index contributed by atoms with van der Waals surface area (Å²) in [6.07, 6.45) is 12.8. The lowest BCUT2D eigenvalue weighted by Gasteiger charge is -2.72. The van der Waals surface area contributed by atoms with Gasteiger partial charge in [-0.25, -0.2) is 0 Å². The normalized spacial score (nSPS) is 41.6. The van der Waals surface area contributed by atoms with E-state index in [1.165, 1.54) is 18.4 Å². The number of ketones is 1. The number of carbonyl (C=O) groups is 3. The number of carboxylic acids is 1. The van der Waals surface area contributed by atoms with Crippen LogP contribution in [-0.2, 0) is 23.9 Å². The largest absolute Gasteiger partial charge is 0.481 e. The molecule has 0 aromatic rings. The third-order valence-electron chi connectivity index (χ3n) is 16.1. The predicted octanol–water partition coefficient (Wildman–Crippen LogP) is 8.54. The second-order valence-electron chi connectivity index (χ2n) is 19.8. The topological polar surface area (TPSA) is 102 Å². The number of Topliss-reactive ketones (excluding diaryl/α,β-unsaturated/α-hetero) is 1. The SMILES string of the molecule is CC(C)C1=C2[C@H]3CCC4[C@@]5(C)CC[C@H](OC(=O)CC(C)(C)C(=O)O)C(C)(C)C5CC[C@@]4(C)[C@]3(C)CC[C@@]2(CCNCC2CCCO2)CC1=O. The molecule has 0 amide bonds. The Labute approximate surface area is 296 Å². The van der Waals surface area contributed by atoms with E-state index in [0.717, 1.165) is 77.5 Å². The van der Waals surface area contributed by atoms with Gasteiger partial charge >= 0.3 is 11.9 Å². The van der Waals surface area contributed by atoms with Crippen molar-refractivity contribution in [2.24, 2.45) is 56.2 Å². The lowest BCUT2D eigenvalue weighted by atomic mass is 9.33. The Kier molecular flexibility index (Phi) is 9.63. The summed E-state index contributed by atoms with van der Waals surface area (Å²) in [7, 11) is 0. The number of aliphatic carboxylic acids is 1. The Balaban J connectivity index is 1.24. The number of hydrogen-bond acceptors (Lipinski definition) is 6. The first-order chi connectivity index (χ1) is 22.8. The zero-order chi connectivity index (χ0) is 35.8. The summed E-state index contributed by atoms with van der Waals surface area (Å²) in [5.41, 5.74) is 1.82. The Morgan fingerprint density at radius 2 is 1.69 bits per heavy atom. The molecule has 9 atom stereocenters. The summed E-state index contributed by atoms with van der Waals surface area (Å²) < 4.78 is 12.1. The minimum atomic E-state index is -1.14. The number of carbonyl (C=O) groups excluding carboxylic acids is 2. The van der Waals surface area contributed by atoms with Crippen LogP contribution in [0.1, 0.15) is 146 Å². The summed E-state index contributed by atoms with van der Waals surface area (Å²) >= 11 is 0. The quantitative estimate of drug-likeness (QED) is 0.176. The van der Waals surface area contributed by atoms with Gasteiger partial charge in [-0.3, -0.25) is 14.4 Å². The summed E-state index contributed by atoms with van der Waals surface area (Å²) in [5, 5.41) is 13.3. The van der Waals surface area contributed by atoms with E-state index in [9.17, 15) is 19.5 Å². The third kappa shape index (κ3) is 5.87. The fraction of sp³-hybridized carbons (Fsp3) is 0.881. The van der Waals surface area contributed by atoms with Crippen LogP contribution in [0.3, 0.4) is 0 Å². The second-order valence-corrected chi connectivity index (χ2v) is 19.8. The summed E-state index contributed by atoms with van der Waals surface area (Å²) in [6.45, 7) is 22.8. The van der Waals surface area contributed by atoms with E-state index < -0.39 is 17.4 Å². The minimum absolute atomic E-state index is 0.00612. The summed E-state index contributed by atoms with van der Waals surface area (Å²) in [6, 6.07) is 0. The van der Waals surface area contributed by atoms with Crippen LogP contribution in [0.2, 0.25) is 0 Å². The molecule has 4 saturated carbocycles. The van der Waals surface area contributed by atoms with Crippen molar-refractivity contribution in [2.45, 2.75) is 158 Å². The van der Waals surface area contributed by atoms with Crippen molar-refractivity contribution in [1.82, 2.24) is 5.32 Å². The molecular weight excluding hydrogens is 614 g/mol. The number of esters is 1. The van der Waals surface area contributed by atoms with Crippen molar-refractivity contribution in [3.63, 3.8) is 0 Å². The number of hydrogen-bond donors (Lipinski definition) is 2. The summed E-state index contributed by atoms with van der Waals surface area (Å²) in [5.74, 6) is 0.752. The molecule has 3 unspecified atom stereocenters. The van der Waals surface area contributed by atoms with E-state index in [4.69, 9.17) is 9.47 Å². The van der Waals surface area contributed by atoms with Crippen LogP contribution in [0.25, 0.3) is 0 Å². The third-order valence-corrected chi connectivity index (χ3v) is 16.1. The van der Waals surface area contributed by atoms with Crippen LogP contribution in [-0.4, -0.2) is 54.7 Å². The highest BCUT2D eigenvalue weighted by Gasteiger charge is 2.70. The molecule has 6 aliphatic rings. The van der Waals surface area contributed by atoms with Crippen molar-refractivity contribution in [3.8, 4) is 0 Å². The molecule has 0 spiro atoms. The highest BCUT2D eigenvalue weighted by atomic mass is 16.5. The Morgan fingerprint density at radius 3 is 2.35 bits per heavy atom. The maximum atomic E-state index is 13.9. The van der Waals surface area contributed by atoms with Gasteiger partial charge in [0.2, 0.25) is 0 Å². The number of fused-ring (bicyclic) bond motifs is 7. The minimum Gasteiger partial charge on any atom is -0.481 e. The Morgan fingerprint density at radius 1 is 0.959 bits per heavy atom. The molecule has 0 bridgehead atoms. The summed E-state index contributed by atoms with van der Waals surface area (Å²) in [4.78, 5) is 38.7. The second kappa shape index (κ2) is 12.7. The monoisotopic (exact) mass is 681 g/mol. The van der Waals surface area contributed by atoms with Gasteiger partial charge in [-0.1, -0.05) is 54.0 Å². The number of rotatable bonds is 10. The molecule has 6 rings (SSSR count). The van der Waals surface area contributed by atoms with Crippen molar-refractivity contribution in [1.29, 1.82) is 0 Å². The molecule has 5 aliphatic carbocycles. The van der Waals surface area contributed by atoms with Crippen LogP contribution in [0.15, 0.2) is 11.1 Å². The zero-order valence-electron chi connectivity index (χ0n) is 32.3. The van der Waals surface area contributed by atoms with E-state index in [1.54, 1.807) is 19.4 Å². The van der Waals surface area contributed by atoms with Crippen LogP contribution >= 0.6 is 0 Å². The maximum Gasteiger partial charge on any atom is 0.309 e. The van der Waals surface area contributed by atoms with Gasteiger partial charge in [-0.15, -0.1) is 0 Å². The van der Waals surface area contributed by atoms with E-state index >= 15 is 0 Å².